The van der Waals surface area contributed by atoms with Crippen molar-refractivity contribution < 1.29 is 5.11 Å². The third kappa shape index (κ3) is 2.87. The van der Waals surface area contributed by atoms with Gasteiger partial charge in [-0.2, -0.15) is 0 Å². The standard InChI is InChI=1S/C12H13BrO/c1-3-4-5-12(14)10-7-6-9(2)8-11(10)13/h1,6-8,12,14H,4-5H2,2H3. The molecule has 0 aromatic heterocycles. The molecular weight excluding hydrogens is 240 g/mol. The van der Waals surface area contributed by atoms with E-state index in [1.54, 1.807) is 0 Å². The quantitative estimate of drug-likeness (QED) is 0.820. The van der Waals surface area contributed by atoms with Gasteiger partial charge in [-0.25, -0.2) is 0 Å². The lowest BCUT2D eigenvalue weighted by molar-refractivity contribution is 0.168. The summed E-state index contributed by atoms with van der Waals surface area (Å²) in [6, 6.07) is 5.91. The molecule has 14 heavy (non-hydrogen) atoms. The maximum Gasteiger partial charge on any atom is 0.0810 e. The second kappa shape index (κ2) is 5.19. The van der Waals surface area contributed by atoms with Gasteiger partial charge in [-0.1, -0.05) is 28.1 Å². The van der Waals surface area contributed by atoms with Crippen molar-refractivity contribution in [2.45, 2.75) is 25.9 Å². The summed E-state index contributed by atoms with van der Waals surface area (Å²) in [4.78, 5) is 0. The maximum atomic E-state index is 9.80. The fraction of sp³-hybridized carbons (Fsp3) is 0.333. The van der Waals surface area contributed by atoms with Crippen molar-refractivity contribution in [3.63, 3.8) is 0 Å². The van der Waals surface area contributed by atoms with Crippen molar-refractivity contribution in [1.29, 1.82) is 0 Å². The minimum atomic E-state index is -0.471. The van der Waals surface area contributed by atoms with Crippen LogP contribution < -0.4 is 0 Å². The van der Waals surface area contributed by atoms with E-state index in [9.17, 15) is 5.11 Å². The van der Waals surface area contributed by atoms with E-state index in [4.69, 9.17) is 6.42 Å². The molecule has 1 N–H and O–H groups in total. The van der Waals surface area contributed by atoms with E-state index in [-0.39, 0.29) is 0 Å². The van der Waals surface area contributed by atoms with Crippen molar-refractivity contribution in [2.75, 3.05) is 0 Å². The summed E-state index contributed by atoms with van der Waals surface area (Å²) in [6.45, 7) is 2.02. The number of aryl methyl sites for hydroxylation is 1. The van der Waals surface area contributed by atoms with Gasteiger partial charge < -0.3 is 5.11 Å². The summed E-state index contributed by atoms with van der Waals surface area (Å²) in [5, 5.41) is 9.80. The van der Waals surface area contributed by atoms with Crippen LogP contribution in [-0.2, 0) is 0 Å². The molecule has 0 fully saturated rings. The van der Waals surface area contributed by atoms with E-state index < -0.39 is 6.10 Å². The third-order valence-corrected chi connectivity index (χ3v) is 2.76. The number of aliphatic hydroxyl groups excluding tert-OH is 1. The molecule has 1 aromatic carbocycles. The van der Waals surface area contributed by atoms with Crippen molar-refractivity contribution in [3.8, 4) is 12.3 Å². The summed E-state index contributed by atoms with van der Waals surface area (Å²) in [7, 11) is 0. The third-order valence-electron chi connectivity index (χ3n) is 2.08. The van der Waals surface area contributed by atoms with Gasteiger partial charge in [0.2, 0.25) is 0 Å². The highest BCUT2D eigenvalue weighted by Crippen LogP contribution is 2.27. The van der Waals surface area contributed by atoms with Crippen LogP contribution in [0.25, 0.3) is 0 Å². The van der Waals surface area contributed by atoms with Gasteiger partial charge in [0, 0.05) is 10.9 Å². The van der Waals surface area contributed by atoms with Crippen LogP contribution in [-0.4, -0.2) is 5.11 Å². The van der Waals surface area contributed by atoms with Crippen LogP contribution in [0.5, 0.6) is 0 Å². The molecule has 0 radical (unpaired) electrons. The van der Waals surface area contributed by atoms with Crippen LogP contribution in [0.15, 0.2) is 22.7 Å². The molecule has 0 saturated carbocycles. The fourth-order valence-electron chi connectivity index (χ4n) is 1.28. The predicted molar refractivity (Wildman–Crippen MR) is 61.9 cm³/mol. The molecule has 74 valence electrons. The van der Waals surface area contributed by atoms with E-state index in [2.05, 4.69) is 21.9 Å². The van der Waals surface area contributed by atoms with Crippen molar-refractivity contribution in [1.82, 2.24) is 0 Å². The number of rotatable bonds is 3. The molecule has 0 spiro atoms. The first-order chi connectivity index (χ1) is 6.65. The Kier molecular flexibility index (Phi) is 4.19. The van der Waals surface area contributed by atoms with Gasteiger partial charge in [-0.15, -0.1) is 12.3 Å². The summed E-state index contributed by atoms with van der Waals surface area (Å²) >= 11 is 3.43. The molecule has 1 rings (SSSR count). The largest absolute Gasteiger partial charge is 0.388 e. The minimum Gasteiger partial charge on any atom is -0.388 e. The summed E-state index contributed by atoms with van der Waals surface area (Å²) in [5.41, 5.74) is 2.08. The van der Waals surface area contributed by atoms with Gasteiger partial charge in [0.25, 0.3) is 0 Å². The van der Waals surface area contributed by atoms with Gasteiger partial charge in [0.15, 0.2) is 0 Å². The Morgan fingerprint density at radius 1 is 1.57 bits per heavy atom. The molecule has 0 heterocycles. The highest BCUT2D eigenvalue weighted by Gasteiger charge is 2.09. The SMILES string of the molecule is C#CCCC(O)c1ccc(C)cc1Br. The molecule has 0 aliphatic carbocycles. The lowest BCUT2D eigenvalue weighted by Crippen LogP contribution is -1.98. The minimum absolute atomic E-state index is 0.471. The number of halogens is 1. The van der Waals surface area contributed by atoms with Gasteiger partial charge in [-0.05, 0) is 30.5 Å². The normalized spacial score (nSPS) is 12.1. The molecule has 0 amide bonds. The summed E-state index contributed by atoms with van der Waals surface area (Å²) < 4.78 is 0.946. The Morgan fingerprint density at radius 3 is 2.86 bits per heavy atom. The van der Waals surface area contributed by atoms with E-state index in [0.717, 1.165) is 10.0 Å². The van der Waals surface area contributed by atoms with Gasteiger partial charge in [0.1, 0.15) is 0 Å². The molecule has 1 aromatic rings. The average Bonchev–Trinajstić information content (AvgIpc) is 2.14. The first-order valence-corrected chi connectivity index (χ1v) is 5.32. The zero-order valence-electron chi connectivity index (χ0n) is 8.13. The molecule has 0 saturated heterocycles. The molecule has 1 atom stereocenters. The highest BCUT2D eigenvalue weighted by atomic mass is 79.9. The van der Waals surface area contributed by atoms with Gasteiger partial charge >= 0.3 is 0 Å². The first kappa shape index (κ1) is 11.3. The molecule has 1 nitrogen and oxygen atoms in total. The van der Waals surface area contributed by atoms with Crippen LogP contribution in [0, 0.1) is 19.3 Å². The average molecular weight is 253 g/mol. The van der Waals surface area contributed by atoms with E-state index in [1.807, 2.05) is 25.1 Å². The van der Waals surface area contributed by atoms with Crippen LogP contribution in [0.1, 0.15) is 30.1 Å². The number of aliphatic hydroxyl groups is 1. The molecule has 0 aliphatic rings. The molecule has 1 unspecified atom stereocenters. The smallest absolute Gasteiger partial charge is 0.0810 e. The summed E-state index contributed by atoms with van der Waals surface area (Å²) in [5.74, 6) is 2.52. The lowest BCUT2D eigenvalue weighted by Gasteiger charge is -2.11. The van der Waals surface area contributed by atoms with Gasteiger partial charge in [-0.3, -0.25) is 0 Å². The number of hydrogen-bond donors (Lipinski definition) is 1. The monoisotopic (exact) mass is 252 g/mol. The maximum absolute atomic E-state index is 9.80. The Labute approximate surface area is 93.3 Å². The molecular formula is C12H13BrO. The zero-order chi connectivity index (χ0) is 10.6. The second-order valence-corrected chi connectivity index (χ2v) is 4.14. The van der Waals surface area contributed by atoms with Crippen molar-refractivity contribution >= 4 is 15.9 Å². The van der Waals surface area contributed by atoms with Crippen LogP contribution >= 0.6 is 15.9 Å². The van der Waals surface area contributed by atoms with Crippen molar-refractivity contribution in [2.24, 2.45) is 0 Å². The number of benzene rings is 1. The van der Waals surface area contributed by atoms with Crippen LogP contribution in [0.4, 0.5) is 0 Å². The summed E-state index contributed by atoms with van der Waals surface area (Å²) in [6.07, 6.45) is 5.88. The Balaban J connectivity index is 2.80. The Hall–Kier alpha value is -0.780. The van der Waals surface area contributed by atoms with E-state index in [1.165, 1.54) is 5.56 Å². The Morgan fingerprint density at radius 2 is 2.29 bits per heavy atom. The topological polar surface area (TPSA) is 20.2 Å². The Bertz CT molecular complexity index is 352. The van der Waals surface area contributed by atoms with E-state index >= 15 is 0 Å². The van der Waals surface area contributed by atoms with Crippen LogP contribution in [0.2, 0.25) is 0 Å². The number of hydrogen-bond acceptors (Lipinski definition) is 1. The fourth-order valence-corrected chi connectivity index (χ4v) is 2.04. The van der Waals surface area contributed by atoms with Crippen LogP contribution in [0.3, 0.4) is 0 Å². The highest BCUT2D eigenvalue weighted by molar-refractivity contribution is 9.10. The van der Waals surface area contributed by atoms with Crippen molar-refractivity contribution in [3.05, 3.63) is 33.8 Å². The zero-order valence-corrected chi connectivity index (χ0v) is 9.71. The second-order valence-electron chi connectivity index (χ2n) is 3.28. The molecule has 0 aliphatic heterocycles. The first-order valence-electron chi connectivity index (χ1n) is 4.52. The number of terminal acetylenes is 1. The van der Waals surface area contributed by atoms with Gasteiger partial charge in [0.05, 0.1) is 6.10 Å². The molecule has 0 bridgehead atoms. The predicted octanol–water partition coefficient (Wildman–Crippen LogP) is 3.20. The molecule has 2 heteroatoms. The lowest BCUT2D eigenvalue weighted by atomic mass is 10.0. The van der Waals surface area contributed by atoms with E-state index in [0.29, 0.717) is 12.8 Å².